The summed E-state index contributed by atoms with van der Waals surface area (Å²) >= 11 is 0. The van der Waals surface area contributed by atoms with Crippen LogP contribution in [-0.2, 0) is 10.8 Å². The van der Waals surface area contributed by atoms with Gasteiger partial charge in [0.05, 0.1) is 11.0 Å². The van der Waals surface area contributed by atoms with Crippen molar-refractivity contribution in [3.63, 3.8) is 0 Å². The Balaban J connectivity index is 1.08. The second kappa shape index (κ2) is 12.9. The van der Waals surface area contributed by atoms with Crippen molar-refractivity contribution in [2.24, 2.45) is 0 Å². The van der Waals surface area contributed by atoms with Gasteiger partial charge in [-0.2, -0.15) is 0 Å². The lowest BCUT2D eigenvalue weighted by Gasteiger charge is -2.29. The first kappa shape index (κ1) is 36.2. The van der Waals surface area contributed by atoms with Crippen LogP contribution in [0.3, 0.4) is 0 Å². The molecule has 2 nitrogen and oxygen atoms in total. The van der Waals surface area contributed by atoms with Crippen LogP contribution in [-0.4, -0.2) is 4.57 Å². The SMILES string of the molecule is Cc1ccc(C(C)C)cc1N(c1ccccc1)c1ccc2cc3c(cc2c1)-c1cc2cc(-n4c5ccc(C(C)(C)C)cc5c5cc(C(C)(C)C)ccc54)ccc2cc1-3. The molecule has 286 valence electrons. The molecule has 0 saturated carbocycles. The maximum Gasteiger partial charge on any atom is 0.0541 e. The molecule has 1 heterocycles. The number of para-hydroxylation sites is 1. The van der Waals surface area contributed by atoms with E-state index in [0.717, 1.165) is 5.69 Å². The van der Waals surface area contributed by atoms with Gasteiger partial charge in [-0.1, -0.05) is 110 Å². The van der Waals surface area contributed by atoms with Crippen LogP contribution in [0.4, 0.5) is 17.1 Å². The van der Waals surface area contributed by atoms with Gasteiger partial charge in [-0.15, -0.1) is 0 Å². The zero-order valence-corrected chi connectivity index (χ0v) is 35.3. The molecule has 0 saturated heterocycles. The fourth-order valence-electron chi connectivity index (χ4n) is 9.14. The van der Waals surface area contributed by atoms with Crippen molar-refractivity contribution in [1.82, 2.24) is 4.57 Å². The van der Waals surface area contributed by atoms with E-state index in [0.29, 0.717) is 5.92 Å². The van der Waals surface area contributed by atoms with Crippen LogP contribution in [0.5, 0.6) is 0 Å². The molecule has 1 aromatic heterocycles. The van der Waals surface area contributed by atoms with Gasteiger partial charge in [0, 0.05) is 33.5 Å². The minimum atomic E-state index is 0.0675. The molecule has 8 aromatic carbocycles. The van der Waals surface area contributed by atoms with E-state index in [9.17, 15) is 0 Å². The molecule has 0 atom stereocenters. The van der Waals surface area contributed by atoms with Crippen molar-refractivity contribution in [1.29, 1.82) is 0 Å². The van der Waals surface area contributed by atoms with Crippen LogP contribution >= 0.6 is 0 Å². The molecule has 0 unspecified atom stereocenters. The van der Waals surface area contributed by atoms with Crippen LogP contribution in [0.2, 0.25) is 0 Å². The Morgan fingerprint density at radius 1 is 0.466 bits per heavy atom. The van der Waals surface area contributed by atoms with E-state index >= 15 is 0 Å². The number of nitrogens with zero attached hydrogens (tertiary/aromatic N) is 2. The van der Waals surface area contributed by atoms with Crippen LogP contribution in [0.15, 0.2) is 146 Å². The van der Waals surface area contributed by atoms with Gasteiger partial charge in [-0.05, 0) is 181 Å². The minimum Gasteiger partial charge on any atom is -0.310 e. The zero-order chi connectivity index (χ0) is 40.2. The van der Waals surface area contributed by atoms with Gasteiger partial charge >= 0.3 is 0 Å². The van der Waals surface area contributed by atoms with Crippen LogP contribution in [0.25, 0.3) is 71.3 Å². The molecule has 0 spiro atoms. The predicted molar refractivity (Wildman–Crippen MR) is 251 cm³/mol. The van der Waals surface area contributed by atoms with E-state index in [1.807, 2.05) is 0 Å². The largest absolute Gasteiger partial charge is 0.310 e. The molecule has 2 heteroatoms. The number of hydrogen-bond acceptors (Lipinski definition) is 1. The summed E-state index contributed by atoms with van der Waals surface area (Å²) in [6.45, 7) is 20.6. The molecular weight excluding hydrogens is 701 g/mol. The molecule has 1 aliphatic carbocycles. The molecule has 0 bridgehead atoms. The van der Waals surface area contributed by atoms with Gasteiger partial charge in [0.2, 0.25) is 0 Å². The average molecular weight is 753 g/mol. The third-order valence-corrected chi connectivity index (χ3v) is 12.7. The first-order chi connectivity index (χ1) is 27.7. The third kappa shape index (κ3) is 5.84. The van der Waals surface area contributed by atoms with Crippen molar-refractivity contribution >= 4 is 60.4 Å². The Labute approximate surface area is 343 Å². The number of hydrogen-bond donors (Lipinski definition) is 0. The lowest BCUT2D eigenvalue weighted by Crippen LogP contribution is -2.12. The predicted octanol–water partition coefficient (Wildman–Crippen LogP) is 16.2. The van der Waals surface area contributed by atoms with E-state index in [1.54, 1.807) is 0 Å². The Morgan fingerprint density at radius 2 is 1.00 bits per heavy atom. The smallest absolute Gasteiger partial charge is 0.0541 e. The van der Waals surface area contributed by atoms with Crippen molar-refractivity contribution < 1.29 is 0 Å². The van der Waals surface area contributed by atoms with Crippen LogP contribution < -0.4 is 4.90 Å². The maximum absolute atomic E-state index is 2.47. The van der Waals surface area contributed by atoms with Crippen molar-refractivity contribution in [3.05, 3.63) is 168 Å². The van der Waals surface area contributed by atoms with E-state index < -0.39 is 0 Å². The average Bonchev–Trinajstić information content (AvgIpc) is 3.53. The van der Waals surface area contributed by atoms with Gasteiger partial charge in [0.25, 0.3) is 0 Å². The summed E-state index contributed by atoms with van der Waals surface area (Å²) in [5.74, 6) is 0.449. The summed E-state index contributed by atoms with van der Waals surface area (Å²) in [7, 11) is 0. The highest BCUT2D eigenvalue weighted by molar-refractivity contribution is 6.13. The maximum atomic E-state index is 2.47. The van der Waals surface area contributed by atoms with E-state index in [2.05, 4.69) is 217 Å². The second-order valence-corrected chi connectivity index (χ2v) is 19.0. The van der Waals surface area contributed by atoms with Crippen molar-refractivity contribution in [2.75, 3.05) is 4.90 Å². The molecule has 0 aliphatic heterocycles. The van der Waals surface area contributed by atoms with Crippen LogP contribution in [0.1, 0.15) is 83.6 Å². The topological polar surface area (TPSA) is 8.17 Å². The monoisotopic (exact) mass is 752 g/mol. The minimum absolute atomic E-state index is 0.0675. The lowest BCUT2D eigenvalue weighted by atomic mass is 9.78. The van der Waals surface area contributed by atoms with Gasteiger partial charge in [-0.25, -0.2) is 0 Å². The summed E-state index contributed by atoms with van der Waals surface area (Å²) in [5.41, 5.74) is 18.1. The molecule has 10 rings (SSSR count). The number of rotatable bonds is 5. The van der Waals surface area contributed by atoms with Crippen LogP contribution in [0, 0.1) is 6.92 Å². The molecular formula is C56H52N2. The molecule has 1 aliphatic rings. The number of fused-ring (bicyclic) bond motifs is 9. The standard InChI is InChI=1S/C56H52N2/c1-34(2)36-16-15-35(3)54(31-36)57(43-13-11-10-12-14-43)44-21-17-37-27-46-47-28-38-18-22-45(26-40(38)30-49(47)48(46)29-39(37)25-44)58-52-23-19-41(55(4,5)6)32-50(52)51-33-42(56(7,8)9)20-24-53(51)58/h10-34H,1-9H3. The summed E-state index contributed by atoms with van der Waals surface area (Å²) in [6.07, 6.45) is 0. The Kier molecular flexibility index (Phi) is 8.09. The summed E-state index contributed by atoms with van der Waals surface area (Å²) < 4.78 is 2.47. The highest BCUT2D eigenvalue weighted by atomic mass is 15.1. The fourth-order valence-corrected chi connectivity index (χ4v) is 9.14. The first-order valence-electron chi connectivity index (χ1n) is 20.9. The lowest BCUT2D eigenvalue weighted by molar-refractivity contribution is 0.590. The molecule has 0 amide bonds. The molecule has 0 N–H and O–H groups in total. The molecule has 0 radical (unpaired) electrons. The van der Waals surface area contributed by atoms with E-state index in [-0.39, 0.29) is 10.8 Å². The second-order valence-electron chi connectivity index (χ2n) is 19.0. The first-order valence-corrected chi connectivity index (χ1v) is 20.9. The van der Waals surface area contributed by atoms with Gasteiger partial charge in [-0.3, -0.25) is 0 Å². The molecule has 0 fully saturated rings. The highest BCUT2D eigenvalue weighted by Crippen LogP contribution is 2.51. The van der Waals surface area contributed by atoms with Gasteiger partial charge in [0.1, 0.15) is 0 Å². The number of benzene rings is 8. The zero-order valence-electron chi connectivity index (χ0n) is 35.3. The van der Waals surface area contributed by atoms with Gasteiger partial charge < -0.3 is 9.47 Å². The van der Waals surface area contributed by atoms with E-state index in [1.165, 1.54) is 105 Å². The normalized spacial score (nSPS) is 12.7. The molecule has 58 heavy (non-hydrogen) atoms. The third-order valence-electron chi connectivity index (χ3n) is 12.7. The quantitative estimate of drug-likeness (QED) is 0.170. The highest BCUT2D eigenvalue weighted by Gasteiger charge is 2.26. The Morgan fingerprint density at radius 3 is 1.55 bits per heavy atom. The molecule has 9 aromatic rings. The fraction of sp³-hybridized carbons (Fsp3) is 0.214. The number of anilines is 3. The van der Waals surface area contributed by atoms with E-state index in [4.69, 9.17) is 0 Å². The Hall–Kier alpha value is -6.12. The van der Waals surface area contributed by atoms with Crippen molar-refractivity contribution in [3.8, 4) is 27.9 Å². The number of aromatic nitrogens is 1. The summed E-state index contributed by atoms with van der Waals surface area (Å²) in [5, 5.41) is 7.69. The number of aryl methyl sites for hydroxylation is 1. The summed E-state index contributed by atoms with van der Waals surface area (Å²) in [6, 6.07) is 55.5. The van der Waals surface area contributed by atoms with Crippen molar-refractivity contribution in [2.45, 2.75) is 79.1 Å². The van der Waals surface area contributed by atoms with Gasteiger partial charge in [0.15, 0.2) is 0 Å². The summed E-state index contributed by atoms with van der Waals surface area (Å²) in [4.78, 5) is 2.42. The Bertz CT molecular complexity index is 3040.